The van der Waals surface area contributed by atoms with Crippen LogP contribution in [-0.2, 0) is 12.7 Å². The third kappa shape index (κ3) is 5.02. The van der Waals surface area contributed by atoms with Gasteiger partial charge in [-0.3, -0.25) is 4.90 Å². The molecule has 0 aromatic heterocycles. The number of nitrogens with zero attached hydrogens (tertiary/aromatic N) is 2. The van der Waals surface area contributed by atoms with E-state index >= 15 is 0 Å². The van der Waals surface area contributed by atoms with E-state index in [9.17, 15) is 18.0 Å². The molecule has 1 N–H and O–H groups in total. The van der Waals surface area contributed by atoms with Gasteiger partial charge in [0.1, 0.15) is 0 Å². The number of piperazine rings is 1. The van der Waals surface area contributed by atoms with Crippen LogP contribution < -0.4 is 18.9 Å². The summed E-state index contributed by atoms with van der Waals surface area (Å²) in [6.07, 6.45) is -4.54. The first-order chi connectivity index (χ1) is 9.75. The molecule has 0 unspecified atom stereocenters. The Morgan fingerprint density at radius 1 is 1.23 bits per heavy atom. The summed E-state index contributed by atoms with van der Waals surface area (Å²) >= 11 is 0. The Morgan fingerprint density at radius 3 is 2.32 bits per heavy atom. The van der Waals surface area contributed by atoms with Crippen LogP contribution in [0.5, 0.6) is 0 Å². The second-order valence-corrected chi connectivity index (χ2v) is 5.30. The maximum atomic E-state index is 12.8. The summed E-state index contributed by atoms with van der Waals surface area (Å²) in [5.41, 5.74) is -0.854. The van der Waals surface area contributed by atoms with Gasteiger partial charge in [-0.25, -0.2) is 4.79 Å². The predicted octanol–water partition coefficient (Wildman–Crippen LogP) is -0.732. The number of carboxylic acids is 1. The smallest absolute Gasteiger partial charge is 1.00 e. The maximum absolute atomic E-state index is 12.8. The standard InChI is InChI=1S/C14H17F3N2O2.Li.H/c1-18-2-4-19(5-3-18)9-10-6-11(13(20)21)8-12(7-10)14(15,16)17;;/h6-8H,2-5,9H2,1H3,(H,20,21);;/q;+1;-1. The van der Waals surface area contributed by atoms with Crippen molar-refractivity contribution in [2.24, 2.45) is 0 Å². The molecule has 1 aromatic carbocycles. The quantitative estimate of drug-likeness (QED) is 0.748. The molecule has 1 fully saturated rings. The van der Waals surface area contributed by atoms with E-state index in [1.807, 2.05) is 11.9 Å². The van der Waals surface area contributed by atoms with Crippen molar-refractivity contribution >= 4 is 5.97 Å². The van der Waals surface area contributed by atoms with Crippen LogP contribution in [0.4, 0.5) is 13.2 Å². The molecular formula is C14H18F3LiN2O2. The van der Waals surface area contributed by atoms with Gasteiger partial charge in [-0.2, -0.15) is 13.2 Å². The summed E-state index contributed by atoms with van der Waals surface area (Å²) in [4.78, 5) is 15.2. The number of halogens is 3. The molecule has 0 bridgehead atoms. The minimum absolute atomic E-state index is 0. The zero-order valence-corrected chi connectivity index (χ0v) is 12.7. The van der Waals surface area contributed by atoms with Crippen LogP contribution in [0.25, 0.3) is 0 Å². The van der Waals surface area contributed by atoms with E-state index in [1.54, 1.807) is 0 Å². The molecule has 118 valence electrons. The average molecular weight is 310 g/mol. The molecule has 1 aromatic rings. The second-order valence-electron chi connectivity index (χ2n) is 5.30. The fourth-order valence-electron chi connectivity index (χ4n) is 2.33. The zero-order valence-electron chi connectivity index (χ0n) is 13.7. The first-order valence-electron chi connectivity index (χ1n) is 6.61. The minimum atomic E-state index is -4.54. The van der Waals surface area contributed by atoms with E-state index < -0.39 is 17.7 Å². The van der Waals surface area contributed by atoms with Gasteiger partial charge in [-0.15, -0.1) is 0 Å². The van der Waals surface area contributed by atoms with Crippen molar-refractivity contribution in [3.8, 4) is 0 Å². The molecule has 8 heteroatoms. The van der Waals surface area contributed by atoms with Crippen LogP contribution in [0.3, 0.4) is 0 Å². The molecule has 0 amide bonds. The van der Waals surface area contributed by atoms with Crippen molar-refractivity contribution in [1.29, 1.82) is 0 Å². The molecule has 4 nitrogen and oxygen atoms in total. The van der Waals surface area contributed by atoms with Crippen molar-refractivity contribution in [2.75, 3.05) is 33.2 Å². The molecule has 2 rings (SSSR count). The minimum Gasteiger partial charge on any atom is -1.00 e. The molecule has 0 radical (unpaired) electrons. The molecule has 0 atom stereocenters. The van der Waals surface area contributed by atoms with E-state index in [4.69, 9.17) is 5.11 Å². The molecule has 1 saturated heterocycles. The van der Waals surface area contributed by atoms with Crippen LogP contribution >= 0.6 is 0 Å². The largest absolute Gasteiger partial charge is 1.00 e. The molecular weight excluding hydrogens is 292 g/mol. The van der Waals surface area contributed by atoms with E-state index in [1.165, 1.54) is 6.07 Å². The molecule has 0 aliphatic carbocycles. The average Bonchev–Trinajstić information content (AvgIpc) is 2.40. The van der Waals surface area contributed by atoms with Gasteiger partial charge in [-0.05, 0) is 30.8 Å². The fraction of sp³-hybridized carbons (Fsp3) is 0.500. The van der Waals surface area contributed by atoms with Crippen LogP contribution in [0.2, 0.25) is 0 Å². The van der Waals surface area contributed by atoms with E-state index in [2.05, 4.69) is 4.90 Å². The maximum Gasteiger partial charge on any atom is 1.00 e. The second kappa shape index (κ2) is 7.51. The number of rotatable bonds is 3. The van der Waals surface area contributed by atoms with Crippen LogP contribution in [0.1, 0.15) is 22.9 Å². The third-order valence-corrected chi connectivity index (χ3v) is 3.57. The Kier molecular flexibility index (Phi) is 6.50. The molecule has 1 aliphatic heterocycles. The Labute approximate surface area is 140 Å². The summed E-state index contributed by atoms with van der Waals surface area (Å²) < 4.78 is 38.5. The van der Waals surface area contributed by atoms with Crippen LogP contribution in [-0.4, -0.2) is 54.1 Å². The van der Waals surface area contributed by atoms with Crippen molar-refractivity contribution in [3.05, 3.63) is 34.9 Å². The number of hydrogen-bond donors (Lipinski definition) is 1. The Balaban J connectivity index is 0.00000242. The van der Waals surface area contributed by atoms with Gasteiger partial charge in [-0.1, -0.05) is 0 Å². The summed E-state index contributed by atoms with van der Waals surface area (Å²) in [6.45, 7) is 3.55. The molecule has 0 spiro atoms. The van der Waals surface area contributed by atoms with Crippen molar-refractivity contribution in [3.63, 3.8) is 0 Å². The van der Waals surface area contributed by atoms with Gasteiger partial charge >= 0.3 is 31.0 Å². The van der Waals surface area contributed by atoms with Crippen molar-refractivity contribution in [2.45, 2.75) is 12.7 Å². The Bertz CT molecular complexity index is 535. The van der Waals surface area contributed by atoms with Crippen LogP contribution in [0.15, 0.2) is 18.2 Å². The third-order valence-electron chi connectivity index (χ3n) is 3.57. The van der Waals surface area contributed by atoms with Crippen LogP contribution in [0, 0.1) is 0 Å². The number of carboxylic acid groups (broad SMARTS) is 1. The Hall–Kier alpha value is -1.00. The summed E-state index contributed by atoms with van der Waals surface area (Å²) in [7, 11) is 1.99. The van der Waals surface area contributed by atoms with Crippen molar-refractivity contribution in [1.82, 2.24) is 9.80 Å². The van der Waals surface area contributed by atoms with Crippen molar-refractivity contribution < 1.29 is 43.4 Å². The molecule has 0 saturated carbocycles. The number of alkyl halides is 3. The Morgan fingerprint density at radius 2 is 1.82 bits per heavy atom. The number of benzene rings is 1. The number of likely N-dealkylation sites (N-methyl/N-ethyl adjacent to an activating group) is 1. The molecule has 22 heavy (non-hydrogen) atoms. The number of carbonyl (C=O) groups is 1. The summed E-state index contributed by atoms with van der Waals surface area (Å²) in [6, 6.07) is 3.02. The predicted molar refractivity (Wildman–Crippen MR) is 72.3 cm³/mol. The summed E-state index contributed by atoms with van der Waals surface area (Å²) in [5, 5.41) is 8.95. The van der Waals surface area contributed by atoms with Gasteiger partial charge in [0.2, 0.25) is 0 Å². The van der Waals surface area contributed by atoms with Gasteiger partial charge in [0.25, 0.3) is 0 Å². The monoisotopic (exact) mass is 310 g/mol. The van der Waals surface area contributed by atoms with Gasteiger partial charge in [0.05, 0.1) is 11.1 Å². The van der Waals surface area contributed by atoms with Gasteiger partial charge < -0.3 is 11.4 Å². The number of aromatic carboxylic acids is 1. The van der Waals surface area contributed by atoms with E-state index in [-0.39, 0.29) is 25.9 Å². The molecule has 1 heterocycles. The fourth-order valence-corrected chi connectivity index (χ4v) is 2.33. The van der Waals surface area contributed by atoms with Gasteiger partial charge in [0, 0.05) is 32.7 Å². The normalized spacial score (nSPS) is 17.1. The topological polar surface area (TPSA) is 43.8 Å². The summed E-state index contributed by atoms with van der Waals surface area (Å²) in [5.74, 6) is -1.35. The SMILES string of the molecule is CN1CCN(Cc2cc(C(=O)O)cc(C(F)(F)F)c2)CC1.[H-].[Li+]. The first-order valence-corrected chi connectivity index (χ1v) is 6.61. The van der Waals surface area contributed by atoms with E-state index in [0.717, 1.165) is 32.2 Å². The number of hydrogen-bond acceptors (Lipinski definition) is 3. The molecule has 1 aliphatic rings. The first kappa shape index (κ1) is 19.0. The van der Waals surface area contributed by atoms with Gasteiger partial charge in [0.15, 0.2) is 0 Å². The zero-order chi connectivity index (χ0) is 15.6. The van der Waals surface area contributed by atoms with E-state index in [0.29, 0.717) is 18.2 Å².